The topological polar surface area (TPSA) is 78.6 Å². The predicted octanol–water partition coefficient (Wildman–Crippen LogP) is 1.24. The van der Waals surface area contributed by atoms with E-state index in [1.807, 2.05) is 31.3 Å². The van der Waals surface area contributed by atoms with E-state index in [2.05, 4.69) is 4.98 Å². The van der Waals surface area contributed by atoms with Crippen molar-refractivity contribution in [2.75, 3.05) is 4.90 Å². The van der Waals surface area contributed by atoms with E-state index in [1.54, 1.807) is 22.0 Å². The number of aryl methyl sites for hydroxylation is 1. The molecule has 0 spiro atoms. The van der Waals surface area contributed by atoms with Crippen LogP contribution in [-0.4, -0.2) is 31.8 Å². The molecule has 0 amide bonds. The normalized spacial score (nSPS) is 30.0. The molecule has 4 rings (SSSR count). The minimum Gasteiger partial charge on any atom is -0.373 e. The van der Waals surface area contributed by atoms with Gasteiger partial charge in [0.05, 0.1) is 6.33 Å². The maximum Gasteiger partial charge on any atom is 0.186 e. The summed E-state index contributed by atoms with van der Waals surface area (Å²) < 4.78 is 1.75. The maximum absolute atomic E-state index is 12.6. The molecule has 6 heteroatoms. The summed E-state index contributed by atoms with van der Waals surface area (Å²) in [5.74, 6) is -0.313. The lowest BCUT2D eigenvalue weighted by molar-refractivity contribution is -0.126. The number of fused-ring (bicyclic) bond motifs is 6. The number of ketones is 1. The molecular formula is C17H19N3O3. The Bertz CT molecular complexity index is 772. The van der Waals surface area contributed by atoms with Gasteiger partial charge in [-0.1, -0.05) is 18.2 Å². The molecule has 23 heavy (non-hydrogen) atoms. The molecule has 6 nitrogen and oxygen atoms in total. The van der Waals surface area contributed by atoms with Crippen LogP contribution in [0.2, 0.25) is 0 Å². The molecule has 1 aromatic carbocycles. The van der Waals surface area contributed by atoms with Crippen molar-refractivity contribution in [3.63, 3.8) is 0 Å². The largest absolute Gasteiger partial charge is 0.373 e. The summed E-state index contributed by atoms with van der Waals surface area (Å²) in [6.07, 6.45) is 3.23. The third-order valence-electron chi connectivity index (χ3n) is 4.91. The van der Waals surface area contributed by atoms with Gasteiger partial charge in [0.1, 0.15) is 17.7 Å². The number of hydrogen-bond acceptors (Lipinski definition) is 5. The number of Topliss-reactive ketones (excluding diaryl/α,β-unsaturated/α-hetero) is 1. The number of aliphatic hydroxyl groups is 2. The van der Waals surface area contributed by atoms with Crippen molar-refractivity contribution in [1.82, 2.24) is 9.55 Å². The van der Waals surface area contributed by atoms with E-state index in [0.717, 1.165) is 5.56 Å². The Hall–Kier alpha value is -2.18. The van der Waals surface area contributed by atoms with Gasteiger partial charge in [-0.05, 0) is 18.1 Å². The molecule has 3 atom stereocenters. The van der Waals surface area contributed by atoms with Crippen LogP contribution in [0.1, 0.15) is 36.4 Å². The Kier molecular flexibility index (Phi) is 3.08. The summed E-state index contributed by atoms with van der Waals surface area (Å²) in [6, 6.07) is 7.49. The van der Waals surface area contributed by atoms with Crippen LogP contribution in [0, 0.1) is 0 Å². The summed E-state index contributed by atoms with van der Waals surface area (Å²) in [7, 11) is 1.83. The summed E-state index contributed by atoms with van der Waals surface area (Å²) in [4.78, 5) is 18.5. The second-order valence-corrected chi connectivity index (χ2v) is 6.41. The SMILES string of the molecule is Cn1cnc([C@@]2(O)C[C@@H]3C(=O)CC[C@@H](O)N2c2ccccc23)c1. The third-order valence-corrected chi connectivity index (χ3v) is 4.91. The number of carbonyl (C=O) groups is 1. The number of hydrogen-bond donors (Lipinski definition) is 2. The van der Waals surface area contributed by atoms with Gasteiger partial charge in [0, 0.05) is 37.7 Å². The Morgan fingerprint density at radius 1 is 1.35 bits per heavy atom. The van der Waals surface area contributed by atoms with Crippen molar-refractivity contribution in [3.05, 3.63) is 48.0 Å². The molecule has 0 unspecified atom stereocenters. The summed E-state index contributed by atoms with van der Waals surface area (Å²) in [5.41, 5.74) is 0.540. The number of rotatable bonds is 1. The van der Waals surface area contributed by atoms with Crippen LogP contribution in [0.25, 0.3) is 0 Å². The summed E-state index contributed by atoms with van der Waals surface area (Å²) in [6.45, 7) is 0. The zero-order valence-corrected chi connectivity index (χ0v) is 12.9. The highest BCUT2D eigenvalue weighted by Gasteiger charge is 2.51. The maximum atomic E-state index is 12.6. The van der Waals surface area contributed by atoms with Gasteiger partial charge in [-0.3, -0.25) is 4.79 Å². The van der Waals surface area contributed by atoms with Crippen molar-refractivity contribution in [2.45, 2.75) is 37.1 Å². The third kappa shape index (κ3) is 2.02. The second kappa shape index (κ2) is 4.91. The molecule has 2 N–H and O–H groups in total. The Balaban J connectivity index is 1.96. The molecule has 0 aliphatic carbocycles. The molecule has 2 aromatic rings. The standard InChI is InChI=1S/C17H19N3O3/c1-19-9-15(18-10-19)17(23)8-12-11-4-2-3-5-13(11)20(17)16(22)7-6-14(12)21/h2-5,9-10,12,16,22-23H,6-8H2,1H3/t12-,16+,17-/m0/s1. The number of nitrogens with zero attached hydrogens (tertiary/aromatic N) is 3. The molecule has 0 saturated carbocycles. The molecule has 1 saturated heterocycles. The minimum absolute atomic E-state index is 0.0604. The highest BCUT2D eigenvalue weighted by atomic mass is 16.3. The van der Waals surface area contributed by atoms with Crippen LogP contribution in [0.5, 0.6) is 0 Å². The molecule has 1 aromatic heterocycles. The molecule has 3 heterocycles. The van der Waals surface area contributed by atoms with Crippen molar-refractivity contribution in [3.8, 4) is 0 Å². The van der Waals surface area contributed by atoms with Gasteiger partial charge < -0.3 is 19.7 Å². The quantitative estimate of drug-likeness (QED) is 0.828. The fourth-order valence-electron chi connectivity index (χ4n) is 3.81. The Labute approximate surface area is 134 Å². The monoisotopic (exact) mass is 313 g/mol. The van der Waals surface area contributed by atoms with E-state index in [1.165, 1.54) is 0 Å². The van der Waals surface area contributed by atoms with E-state index in [0.29, 0.717) is 24.2 Å². The fraction of sp³-hybridized carbons (Fsp3) is 0.412. The van der Waals surface area contributed by atoms with Crippen LogP contribution in [0.3, 0.4) is 0 Å². The molecule has 1 fully saturated rings. The Morgan fingerprint density at radius 2 is 2.13 bits per heavy atom. The first-order chi connectivity index (χ1) is 11.0. The van der Waals surface area contributed by atoms with Gasteiger partial charge >= 0.3 is 0 Å². The zero-order valence-electron chi connectivity index (χ0n) is 12.9. The summed E-state index contributed by atoms with van der Waals surface area (Å²) >= 11 is 0. The number of aromatic nitrogens is 2. The second-order valence-electron chi connectivity index (χ2n) is 6.41. The number of aliphatic hydroxyl groups excluding tert-OH is 1. The van der Waals surface area contributed by atoms with Crippen molar-refractivity contribution >= 4 is 11.5 Å². The first-order valence-corrected chi connectivity index (χ1v) is 7.80. The number of carbonyl (C=O) groups excluding carboxylic acids is 1. The fourth-order valence-corrected chi connectivity index (χ4v) is 3.81. The van der Waals surface area contributed by atoms with Crippen molar-refractivity contribution in [2.24, 2.45) is 7.05 Å². The van der Waals surface area contributed by atoms with E-state index in [-0.39, 0.29) is 18.1 Å². The van der Waals surface area contributed by atoms with E-state index in [4.69, 9.17) is 0 Å². The zero-order chi connectivity index (χ0) is 16.2. The first-order valence-electron chi connectivity index (χ1n) is 7.80. The molecule has 2 aliphatic rings. The van der Waals surface area contributed by atoms with E-state index >= 15 is 0 Å². The lowest BCUT2D eigenvalue weighted by atomic mass is 9.76. The van der Waals surface area contributed by atoms with Crippen LogP contribution >= 0.6 is 0 Å². The van der Waals surface area contributed by atoms with Gasteiger partial charge in [-0.25, -0.2) is 4.98 Å². The average molecular weight is 313 g/mol. The smallest absolute Gasteiger partial charge is 0.186 e. The van der Waals surface area contributed by atoms with E-state index < -0.39 is 12.0 Å². The van der Waals surface area contributed by atoms with Gasteiger partial charge in [0.15, 0.2) is 5.72 Å². The van der Waals surface area contributed by atoms with Crippen LogP contribution in [0.15, 0.2) is 36.8 Å². The van der Waals surface area contributed by atoms with E-state index in [9.17, 15) is 15.0 Å². The predicted molar refractivity (Wildman–Crippen MR) is 83.6 cm³/mol. The van der Waals surface area contributed by atoms with Crippen LogP contribution in [-0.2, 0) is 17.6 Å². The molecule has 120 valence electrons. The van der Waals surface area contributed by atoms with Crippen molar-refractivity contribution in [1.29, 1.82) is 0 Å². The van der Waals surface area contributed by atoms with Gasteiger partial charge in [0.2, 0.25) is 0 Å². The van der Waals surface area contributed by atoms with Crippen LogP contribution < -0.4 is 4.90 Å². The number of benzene rings is 1. The highest BCUT2D eigenvalue weighted by molar-refractivity contribution is 5.89. The first kappa shape index (κ1) is 14.4. The molecule has 2 bridgehead atoms. The highest BCUT2D eigenvalue weighted by Crippen LogP contribution is 2.50. The number of imidazole rings is 1. The van der Waals surface area contributed by atoms with Gasteiger partial charge in [-0.15, -0.1) is 0 Å². The number of para-hydroxylation sites is 1. The Morgan fingerprint density at radius 3 is 2.87 bits per heavy atom. The number of anilines is 1. The van der Waals surface area contributed by atoms with Crippen molar-refractivity contribution < 1.29 is 15.0 Å². The average Bonchev–Trinajstić information content (AvgIpc) is 2.97. The lowest BCUT2D eigenvalue weighted by Gasteiger charge is -2.50. The van der Waals surface area contributed by atoms with Gasteiger partial charge in [0.25, 0.3) is 0 Å². The molecule has 0 radical (unpaired) electrons. The molecular weight excluding hydrogens is 294 g/mol. The minimum atomic E-state index is -1.49. The molecule has 2 aliphatic heterocycles. The lowest BCUT2D eigenvalue weighted by Crippen LogP contribution is -2.57. The van der Waals surface area contributed by atoms with Crippen LogP contribution in [0.4, 0.5) is 5.69 Å². The summed E-state index contributed by atoms with van der Waals surface area (Å²) in [5, 5.41) is 22.1. The van der Waals surface area contributed by atoms with Gasteiger partial charge in [-0.2, -0.15) is 0 Å².